The van der Waals surface area contributed by atoms with Crippen molar-refractivity contribution in [3.05, 3.63) is 50.1 Å². The number of nitrogens with zero attached hydrogens (tertiary/aromatic N) is 4. The van der Waals surface area contributed by atoms with Crippen LogP contribution < -0.4 is 0 Å². The van der Waals surface area contributed by atoms with Gasteiger partial charge in [-0.05, 0) is 75.5 Å². The molecule has 4 saturated heterocycles. The Morgan fingerprint density at radius 3 is 1.56 bits per heavy atom. The van der Waals surface area contributed by atoms with Crippen molar-refractivity contribution in [2.24, 2.45) is 17.8 Å². The van der Waals surface area contributed by atoms with E-state index in [0.29, 0.717) is 18.0 Å². The lowest BCUT2D eigenvalue weighted by molar-refractivity contribution is -0.941. The molecule has 0 aromatic rings. The van der Waals surface area contributed by atoms with Gasteiger partial charge in [0.25, 0.3) is 0 Å². The van der Waals surface area contributed by atoms with E-state index in [0.717, 1.165) is 101 Å². The molecule has 7 atom stereocenters. The Bertz CT molecular complexity index is 1110. The Balaban J connectivity index is 1.13. The van der Waals surface area contributed by atoms with Crippen LogP contribution in [0.4, 0.5) is 0 Å². The van der Waals surface area contributed by atoms with E-state index in [9.17, 15) is 10.2 Å². The number of allylic oxidation sites excluding steroid dienone is 3. The fraction of sp³-hybridized carbons (Fsp3) is 0.826. The largest absolute Gasteiger partial charge is 0.393 e. The summed E-state index contributed by atoms with van der Waals surface area (Å²) in [6, 6.07) is 1.27. The number of hydrogen-bond acceptors (Lipinski definition) is 2. The van der Waals surface area contributed by atoms with E-state index in [1.54, 1.807) is 0 Å². The molecule has 0 radical (unpaired) electrons. The Hall–Kier alpha value is -1.28. The third-order valence-electron chi connectivity index (χ3n) is 15.3. The quantitative estimate of drug-likeness (QED) is 0.0934. The minimum absolute atomic E-state index is 0.160. The molecule has 4 heterocycles. The number of aliphatic hydroxyl groups excluding tert-OH is 2. The molecule has 6 nitrogen and oxygen atoms in total. The van der Waals surface area contributed by atoms with E-state index in [-0.39, 0.29) is 12.2 Å². The first-order valence-electron chi connectivity index (χ1n) is 22.0. The molecule has 0 saturated carbocycles. The summed E-state index contributed by atoms with van der Waals surface area (Å²) >= 11 is 0. The van der Waals surface area contributed by atoms with Crippen molar-refractivity contribution in [1.82, 2.24) is 0 Å². The molecule has 0 bridgehead atoms. The van der Waals surface area contributed by atoms with Crippen LogP contribution in [0.2, 0.25) is 0 Å². The standard InChI is InChI=1S/C46H86N4O2/c1-8-14-40-20-30-47(4,31-21-40)34-25-45(51)26-35-48(5)32-22-41(23-33-48)17-13-18-42-24-36-50(7,44(39-42)16-10-3)38-28-46(52)27-37-49(6)29-12-11-19-43(49)15-9-2/h8-10,13,18,40-46,51-52H,1-3,11-12,14-17,19-39H2,4-7H3/q+4/b18-13+. The van der Waals surface area contributed by atoms with Gasteiger partial charge in [-0.15, -0.1) is 19.7 Å². The third kappa shape index (κ3) is 13.2. The molecule has 4 aliphatic rings. The lowest BCUT2D eigenvalue weighted by atomic mass is 9.85. The summed E-state index contributed by atoms with van der Waals surface area (Å²) < 4.78 is 4.48. The highest BCUT2D eigenvalue weighted by molar-refractivity contribution is 4.94. The van der Waals surface area contributed by atoms with Crippen LogP contribution in [-0.2, 0) is 0 Å². The van der Waals surface area contributed by atoms with Gasteiger partial charge < -0.3 is 28.1 Å². The first-order chi connectivity index (χ1) is 24.8. The molecule has 0 aromatic carbocycles. The Morgan fingerprint density at radius 2 is 1.02 bits per heavy atom. The summed E-state index contributed by atoms with van der Waals surface area (Å²) in [5.41, 5.74) is 0. The zero-order valence-electron chi connectivity index (χ0n) is 34.8. The van der Waals surface area contributed by atoms with Crippen molar-refractivity contribution in [2.75, 3.05) is 93.6 Å². The van der Waals surface area contributed by atoms with Gasteiger partial charge in [-0.25, -0.2) is 0 Å². The molecule has 4 aliphatic heterocycles. The van der Waals surface area contributed by atoms with Gasteiger partial charge in [-0.2, -0.15) is 0 Å². The molecule has 2 N–H and O–H groups in total. The van der Waals surface area contributed by atoms with Crippen molar-refractivity contribution in [2.45, 2.75) is 133 Å². The van der Waals surface area contributed by atoms with Gasteiger partial charge in [0.1, 0.15) is 0 Å². The summed E-state index contributed by atoms with van der Waals surface area (Å²) in [6.45, 7) is 24.0. The molecular formula is C46H86N4O2+4. The van der Waals surface area contributed by atoms with Crippen molar-refractivity contribution in [3.8, 4) is 0 Å². The first kappa shape index (κ1) is 43.4. The molecular weight excluding hydrogens is 641 g/mol. The average molecular weight is 727 g/mol. The van der Waals surface area contributed by atoms with E-state index in [4.69, 9.17) is 0 Å². The van der Waals surface area contributed by atoms with Crippen LogP contribution in [0.5, 0.6) is 0 Å². The van der Waals surface area contributed by atoms with Crippen LogP contribution in [0.25, 0.3) is 0 Å². The summed E-state index contributed by atoms with van der Waals surface area (Å²) in [5, 5.41) is 22.1. The number of aliphatic hydroxyl groups is 2. The topological polar surface area (TPSA) is 40.5 Å². The second kappa shape index (κ2) is 20.6. The smallest absolute Gasteiger partial charge is 0.0928 e. The monoisotopic (exact) mass is 727 g/mol. The lowest BCUT2D eigenvalue weighted by Gasteiger charge is -2.47. The molecule has 0 amide bonds. The molecule has 0 aliphatic carbocycles. The van der Waals surface area contributed by atoms with Crippen LogP contribution in [0.15, 0.2) is 50.1 Å². The maximum Gasteiger partial charge on any atom is 0.0928 e. The number of piperidine rings is 4. The number of quaternary nitrogens is 4. The first-order valence-corrected chi connectivity index (χ1v) is 22.0. The van der Waals surface area contributed by atoms with Crippen LogP contribution in [-0.4, -0.2) is 146 Å². The number of rotatable bonds is 21. The van der Waals surface area contributed by atoms with Gasteiger partial charge in [-0.3, -0.25) is 0 Å². The van der Waals surface area contributed by atoms with Gasteiger partial charge in [0.05, 0.1) is 118 Å². The fourth-order valence-electron chi connectivity index (χ4n) is 10.8. The zero-order chi connectivity index (χ0) is 37.7. The van der Waals surface area contributed by atoms with E-state index in [1.165, 1.54) is 103 Å². The van der Waals surface area contributed by atoms with Gasteiger partial charge in [0, 0.05) is 51.4 Å². The molecule has 52 heavy (non-hydrogen) atoms. The van der Waals surface area contributed by atoms with E-state index < -0.39 is 0 Å². The fourth-order valence-corrected chi connectivity index (χ4v) is 10.8. The van der Waals surface area contributed by atoms with Crippen molar-refractivity contribution < 1.29 is 28.1 Å². The van der Waals surface area contributed by atoms with Crippen LogP contribution in [0.1, 0.15) is 109 Å². The SMILES string of the molecule is C=CCC1CC[N+](C)(CCC(O)CC[N+]2(C)CCC(C/C=C/C3CC[N+](C)(CCC(O)CC[N+]4(C)CCCCC4CC=C)C(CC=C)C3)CC2)CC1. The van der Waals surface area contributed by atoms with Gasteiger partial charge in [0.2, 0.25) is 0 Å². The molecule has 4 fully saturated rings. The van der Waals surface area contributed by atoms with Crippen molar-refractivity contribution in [3.63, 3.8) is 0 Å². The highest BCUT2D eigenvalue weighted by atomic mass is 16.3. The third-order valence-corrected chi connectivity index (χ3v) is 15.3. The number of likely N-dealkylation sites (tertiary alicyclic amines) is 4. The number of hydrogen-bond donors (Lipinski definition) is 2. The van der Waals surface area contributed by atoms with Crippen molar-refractivity contribution >= 4 is 0 Å². The normalized spacial score (nSPS) is 38.5. The van der Waals surface area contributed by atoms with Crippen LogP contribution in [0, 0.1) is 17.8 Å². The second-order valence-electron chi connectivity index (χ2n) is 19.6. The summed E-state index contributed by atoms with van der Waals surface area (Å²) in [7, 11) is 9.71. The van der Waals surface area contributed by atoms with E-state index >= 15 is 0 Å². The summed E-state index contributed by atoms with van der Waals surface area (Å²) in [6.07, 6.45) is 31.0. The van der Waals surface area contributed by atoms with E-state index in [2.05, 4.69) is 78.3 Å². The molecule has 4 rings (SSSR count). The molecule has 6 heteroatoms. The predicted octanol–water partition coefficient (Wildman–Crippen LogP) is 7.88. The zero-order valence-corrected chi connectivity index (χ0v) is 34.8. The Labute approximate surface area is 322 Å². The molecule has 0 spiro atoms. The van der Waals surface area contributed by atoms with Gasteiger partial charge in [0.15, 0.2) is 0 Å². The minimum atomic E-state index is -0.204. The van der Waals surface area contributed by atoms with Crippen LogP contribution in [0.3, 0.4) is 0 Å². The predicted molar refractivity (Wildman–Crippen MR) is 222 cm³/mol. The highest BCUT2D eigenvalue weighted by Gasteiger charge is 2.39. The summed E-state index contributed by atoms with van der Waals surface area (Å²) in [5.74, 6) is 2.30. The van der Waals surface area contributed by atoms with E-state index in [1.807, 2.05) is 0 Å². The molecule has 7 unspecified atom stereocenters. The Morgan fingerprint density at radius 1 is 0.538 bits per heavy atom. The Kier molecular flexibility index (Phi) is 17.2. The highest BCUT2D eigenvalue weighted by Crippen LogP contribution is 2.34. The maximum absolute atomic E-state index is 11.2. The van der Waals surface area contributed by atoms with Crippen LogP contribution >= 0.6 is 0 Å². The maximum atomic E-state index is 11.2. The molecule has 298 valence electrons. The van der Waals surface area contributed by atoms with Crippen molar-refractivity contribution in [1.29, 1.82) is 0 Å². The van der Waals surface area contributed by atoms with Gasteiger partial charge in [-0.1, -0.05) is 30.4 Å². The molecule has 0 aromatic heterocycles. The average Bonchev–Trinajstić information content (AvgIpc) is 3.13. The summed E-state index contributed by atoms with van der Waals surface area (Å²) in [4.78, 5) is 0. The lowest BCUT2D eigenvalue weighted by Crippen LogP contribution is -2.58. The second-order valence-corrected chi connectivity index (χ2v) is 19.6. The minimum Gasteiger partial charge on any atom is -0.393 e. The van der Waals surface area contributed by atoms with Gasteiger partial charge >= 0.3 is 0 Å².